The molecular formula is C27H28Br2F2N4O7. The molecular weight excluding hydrogens is 690 g/mol. The number of carbonyl (C=O) groups is 1. The lowest BCUT2D eigenvalue weighted by Crippen LogP contribution is -2.63. The van der Waals surface area contributed by atoms with Gasteiger partial charge in [0.05, 0.1) is 32.1 Å². The molecule has 15 heteroatoms. The molecule has 0 aliphatic carbocycles. The fourth-order valence-corrected chi connectivity index (χ4v) is 6.55. The fraction of sp³-hybridized carbons (Fsp3) is 0.444. The van der Waals surface area contributed by atoms with Crippen LogP contribution in [0.25, 0.3) is 11.3 Å². The Kier molecular flexibility index (Phi) is 9.39. The van der Waals surface area contributed by atoms with E-state index in [1.165, 1.54) is 29.8 Å². The topological polar surface area (TPSA) is 139 Å². The number of methoxy groups -OCH3 is 1. The van der Waals surface area contributed by atoms with Gasteiger partial charge in [-0.3, -0.25) is 4.79 Å². The number of aliphatic hydroxyl groups is 3. The van der Waals surface area contributed by atoms with Crippen LogP contribution in [0.3, 0.4) is 0 Å². The number of rotatable bonds is 7. The first-order chi connectivity index (χ1) is 20.0. The Morgan fingerprint density at radius 2 is 1.81 bits per heavy atom. The maximum absolute atomic E-state index is 14.3. The van der Waals surface area contributed by atoms with E-state index in [4.69, 9.17) is 14.2 Å². The van der Waals surface area contributed by atoms with Crippen LogP contribution in [0.5, 0.6) is 0 Å². The summed E-state index contributed by atoms with van der Waals surface area (Å²) in [6.07, 6.45) is -4.86. The molecule has 226 valence electrons. The smallest absolute Gasteiger partial charge is 0.259 e. The van der Waals surface area contributed by atoms with Crippen molar-refractivity contribution in [1.82, 2.24) is 15.0 Å². The molecule has 0 radical (unpaired) electrons. The van der Waals surface area contributed by atoms with Gasteiger partial charge in [-0.15, -0.1) is 5.10 Å². The lowest BCUT2D eigenvalue weighted by atomic mass is 9.91. The number of aliphatic hydroxyl groups excluding tert-OH is 3. The minimum atomic E-state index is -1.42. The molecule has 1 amide bonds. The minimum Gasteiger partial charge on any atom is -0.394 e. The molecule has 2 saturated heterocycles. The third-order valence-corrected chi connectivity index (χ3v) is 8.41. The highest BCUT2D eigenvalue weighted by molar-refractivity contribution is 9.11. The van der Waals surface area contributed by atoms with E-state index in [0.29, 0.717) is 14.6 Å². The molecule has 11 nitrogen and oxygen atoms in total. The van der Waals surface area contributed by atoms with Gasteiger partial charge in [-0.1, -0.05) is 37.1 Å². The molecule has 2 aliphatic heterocycles. The fourth-order valence-electron chi connectivity index (χ4n) is 5.28. The summed E-state index contributed by atoms with van der Waals surface area (Å²) in [5.74, 6) is -2.15. The van der Waals surface area contributed by atoms with Crippen LogP contribution in [0.1, 0.15) is 11.6 Å². The molecule has 2 fully saturated rings. The van der Waals surface area contributed by atoms with Gasteiger partial charge in [0.1, 0.15) is 47.8 Å². The number of halogens is 4. The van der Waals surface area contributed by atoms with Crippen molar-refractivity contribution < 1.29 is 43.1 Å². The SMILES string of the molecule is CO[C@@H]1[C@@H](n2cc(-c3cc(F)c(C)c(F)c3)nn2)[C@@H](O)[C@@H](CO)O[C@H]1C(=O)N(c1cc(Br)cc(Br)c1)[C@H]1COC[C@@H]1O. The zero-order chi connectivity index (χ0) is 30.3. The van der Waals surface area contributed by atoms with Crippen LogP contribution in [0, 0.1) is 18.6 Å². The predicted molar refractivity (Wildman–Crippen MR) is 152 cm³/mol. The van der Waals surface area contributed by atoms with Gasteiger partial charge in [0.25, 0.3) is 5.91 Å². The molecule has 42 heavy (non-hydrogen) atoms. The van der Waals surface area contributed by atoms with Crippen molar-refractivity contribution in [2.45, 2.75) is 49.5 Å². The summed E-state index contributed by atoms with van der Waals surface area (Å²) < 4.78 is 48.1. The summed E-state index contributed by atoms with van der Waals surface area (Å²) in [4.78, 5) is 15.7. The number of anilines is 1. The Bertz CT molecular complexity index is 1420. The highest BCUT2D eigenvalue weighted by Gasteiger charge is 2.52. The van der Waals surface area contributed by atoms with Crippen molar-refractivity contribution in [2.75, 3.05) is 31.8 Å². The highest BCUT2D eigenvalue weighted by atomic mass is 79.9. The lowest BCUT2D eigenvalue weighted by Gasteiger charge is -2.45. The molecule has 0 bridgehead atoms. The van der Waals surface area contributed by atoms with Gasteiger partial charge in [0, 0.05) is 32.9 Å². The second-order valence-corrected chi connectivity index (χ2v) is 11.9. The van der Waals surface area contributed by atoms with Gasteiger partial charge in [0.15, 0.2) is 6.10 Å². The van der Waals surface area contributed by atoms with Crippen LogP contribution < -0.4 is 4.90 Å². The average molecular weight is 718 g/mol. The van der Waals surface area contributed by atoms with E-state index in [9.17, 15) is 28.9 Å². The van der Waals surface area contributed by atoms with Crippen molar-refractivity contribution in [3.05, 3.63) is 62.7 Å². The number of benzene rings is 2. The molecule has 3 heterocycles. The Morgan fingerprint density at radius 3 is 2.38 bits per heavy atom. The first kappa shape index (κ1) is 31.1. The normalized spacial score (nSPS) is 27.8. The highest BCUT2D eigenvalue weighted by Crippen LogP contribution is 2.36. The van der Waals surface area contributed by atoms with E-state index in [1.54, 1.807) is 18.2 Å². The zero-order valence-corrected chi connectivity index (χ0v) is 25.6. The third-order valence-electron chi connectivity index (χ3n) is 7.49. The molecule has 0 spiro atoms. The van der Waals surface area contributed by atoms with Gasteiger partial charge < -0.3 is 34.4 Å². The van der Waals surface area contributed by atoms with Crippen molar-refractivity contribution in [3.63, 3.8) is 0 Å². The van der Waals surface area contributed by atoms with Crippen LogP contribution in [-0.2, 0) is 19.0 Å². The molecule has 0 unspecified atom stereocenters. The summed E-state index contributed by atoms with van der Waals surface area (Å²) in [7, 11) is 1.32. The van der Waals surface area contributed by atoms with Crippen LogP contribution in [-0.4, -0.2) is 99.7 Å². The number of amides is 1. The summed E-state index contributed by atoms with van der Waals surface area (Å²) in [6, 6.07) is 5.51. The molecule has 1 aromatic heterocycles. The first-order valence-electron chi connectivity index (χ1n) is 12.9. The summed E-state index contributed by atoms with van der Waals surface area (Å²) in [6.45, 7) is 0.732. The largest absolute Gasteiger partial charge is 0.394 e. The van der Waals surface area contributed by atoms with Crippen LogP contribution >= 0.6 is 31.9 Å². The minimum absolute atomic E-state index is 0.0192. The van der Waals surface area contributed by atoms with E-state index in [-0.39, 0.29) is 30.0 Å². The second-order valence-electron chi connectivity index (χ2n) is 10.1. The Hall–Kier alpha value is -2.37. The Balaban J connectivity index is 1.54. The molecule has 5 rings (SSSR count). The molecule has 2 aliphatic rings. The number of hydrogen-bond acceptors (Lipinski definition) is 9. The van der Waals surface area contributed by atoms with Gasteiger partial charge in [-0.25, -0.2) is 13.5 Å². The second kappa shape index (κ2) is 12.7. The first-order valence-corrected chi connectivity index (χ1v) is 14.5. The van der Waals surface area contributed by atoms with Gasteiger partial charge in [-0.2, -0.15) is 0 Å². The summed E-state index contributed by atoms with van der Waals surface area (Å²) in [5, 5.41) is 40.1. The number of carbonyl (C=O) groups excluding carboxylic acids is 1. The number of ether oxygens (including phenoxy) is 3. The summed E-state index contributed by atoms with van der Waals surface area (Å²) in [5.41, 5.74) is 0.503. The third kappa shape index (κ3) is 5.88. The van der Waals surface area contributed by atoms with Crippen molar-refractivity contribution in [1.29, 1.82) is 0 Å². The maximum atomic E-state index is 14.3. The van der Waals surface area contributed by atoms with E-state index in [0.717, 1.165) is 12.1 Å². The van der Waals surface area contributed by atoms with Gasteiger partial charge in [0.2, 0.25) is 0 Å². The maximum Gasteiger partial charge on any atom is 0.259 e. The molecule has 2 aromatic carbocycles. The van der Waals surface area contributed by atoms with Crippen molar-refractivity contribution in [2.24, 2.45) is 0 Å². The number of nitrogens with zero attached hydrogens (tertiary/aromatic N) is 4. The van der Waals surface area contributed by atoms with Crippen molar-refractivity contribution in [3.8, 4) is 11.3 Å². The molecule has 3 aromatic rings. The summed E-state index contributed by atoms with van der Waals surface area (Å²) >= 11 is 6.86. The Labute approximate surface area is 256 Å². The molecule has 7 atom stereocenters. The van der Waals surface area contributed by atoms with Gasteiger partial charge in [-0.05, 0) is 37.3 Å². The number of aromatic nitrogens is 3. The van der Waals surface area contributed by atoms with Crippen LogP contribution in [0.15, 0.2) is 45.5 Å². The van der Waals surface area contributed by atoms with Gasteiger partial charge >= 0.3 is 0 Å². The number of hydrogen-bond donors (Lipinski definition) is 3. The Morgan fingerprint density at radius 1 is 1.14 bits per heavy atom. The van der Waals surface area contributed by atoms with Crippen LogP contribution in [0.4, 0.5) is 14.5 Å². The standard InChI is InChI=1S/C27H28Br2F2N4O7/c1-12-17(30)3-13(4-18(12)31)19-8-34(33-32-19)23-24(38)22(9-36)42-26(25(23)40-2)27(39)35(20-10-41-11-21(20)37)16-6-14(28)5-15(29)7-16/h3-8,20-26,36-38H,9-11H2,1-2H3/t20-,21-,22+,23-,24-,25+,26+/m0/s1. The molecule has 0 saturated carbocycles. The lowest BCUT2D eigenvalue weighted by molar-refractivity contribution is -0.211. The van der Waals surface area contributed by atoms with Crippen molar-refractivity contribution >= 4 is 43.5 Å². The van der Waals surface area contributed by atoms with E-state index in [1.807, 2.05) is 0 Å². The average Bonchev–Trinajstić information content (AvgIpc) is 3.60. The molecule has 3 N–H and O–H groups in total. The van der Waals surface area contributed by atoms with E-state index >= 15 is 0 Å². The van der Waals surface area contributed by atoms with Crippen LogP contribution in [0.2, 0.25) is 0 Å². The van der Waals surface area contributed by atoms with E-state index in [2.05, 4.69) is 42.2 Å². The quantitative estimate of drug-likeness (QED) is 0.337. The zero-order valence-electron chi connectivity index (χ0n) is 22.4. The monoisotopic (exact) mass is 716 g/mol. The predicted octanol–water partition coefficient (Wildman–Crippen LogP) is 2.53. The van der Waals surface area contributed by atoms with E-state index < -0.39 is 66.8 Å².